The van der Waals surface area contributed by atoms with Crippen LogP contribution in [-0.2, 0) is 6.42 Å². The van der Waals surface area contributed by atoms with Crippen LogP contribution in [0.25, 0.3) is 0 Å². The van der Waals surface area contributed by atoms with Gasteiger partial charge in [0.15, 0.2) is 5.11 Å². The van der Waals surface area contributed by atoms with Gasteiger partial charge in [-0.25, -0.2) is 0 Å². The summed E-state index contributed by atoms with van der Waals surface area (Å²) in [5.74, 6) is 0. The van der Waals surface area contributed by atoms with Crippen LogP contribution in [0.2, 0.25) is 0 Å². The number of rotatable bonds is 4. The fourth-order valence-corrected chi connectivity index (χ4v) is 2.25. The zero-order valence-corrected chi connectivity index (χ0v) is 11.8. The van der Waals surface area contributed by atoms with E-state index in [1.807, 2.05) is 36.4 Å². The van der Waals surface area contributed by atoms with Gasteiger partial charge in [0.1, 0.15) is 0 Å². The summed E-state index contributed by atoms with van der Waals surface area (Å²) in [6, 6.07) is 20.7. The van der Waals surface area contributed by atoms with Gasteiger partial charge in [-0.1, -0.05) is 48.5 Å². The zero-order chi connectivity index (χ0) is 13.5. The fourth-order valence-electron chi connectivity index (χ4n) is 1.93. The number of thiocarbonyl (C=S) groups is 1. The van der Waals surface area contributed by atoms with Crippen molar-refractivity contribution in [1.29, 1.82) is 0 Å². The molecule has 0 aliphatic carbocycles. The summed E-state index contributed by atoms with van der Waals surface area (Å²) < 4.78 is 0. The van der Waals surface area contributed by atoms with E-state index in [1.165, 1.54) is 5.56 Å². The minimum Gasteiger partial charge on any atom is -0.360 e. The monoisotopic (exact) mass is 270 g/mol. The van der Waals surface area contributed by atoms with Gasteiger partial charge in [-0.3, -0.25) is 0 Å². The van der Waals surface area contributed by atoms with Crippen LogP contribution in [0.1, 0.15) is 12.5 Å². The van der Waals surface area contributed by atoms with Crippen LogP contribution in [0.4, 0.5) is 5.69 Å². The maximum atomic E-state index is 5.31. The molecule has 2 aromatic carbocycles. The van der Waals surface area contributed by atoms with Crippen molar-refractivity contribution in [1.82, 2.24) is 5.32 Å². The molecule has 0 bridgehead atoms. The lowest BCUT2D eigenvalue weighted by Gasteiger charge is -2.17. The normalized spacial score (nSPS) is 11.6. The van der Waals surface area contributed by atoms with E-state index in [4.69, 9.17) is 12.2 Å². The first-order valence-corrected chi connectivity index (χ1v) is 6.81. The highest BCUT2D eigenvalue weighted by molar-refractivity contribution is 7.80. The third kappa shape index (κ3) is 4.72. The van der Waals surface area contributed by atoms with Crippen LogP contribution < -0.4 is 10.6 Å². The Bertz CT molecular complexity index is 511. The minimum absolute atomic E-state index is 0.297. The first-order valence-electron chi connectivity index (χ1n) is 6.40. The van der Waals surface area contributed by atoms with E-state index in [1.54, 1.807) is 0 Å². The average molecular weight is 270 g/mol. The Morgan fingerprint density at radius 1 is 1.00 bits per heavy atom. The van der Waals surface area contributed by atoms with Crippen molar-refractivity contribution in [2.24, 2.45) is 0 Å². The Labute approximate surface area is 119 Å². The van der Waals surface area contributed by atoms with Crippen molar-refractivity contribution in [3.05, 3.63) is 66.2 Å². The molecule has 1 atom stereocenters. The zero-order valence-electron chi connectivity index (χ0n) is 11.0. The molecule has 0 aliphatic rings. The lowest BCUT2D eigenvalue weighted by Crippen LogP contribution is -2.37. The second kappa shape index (κ2) is 6.90. The molecule has 0 saturated carbocycles. The summed E-state index contributed by atoms with van der Waals surface area (Å²) in [4.78, 5) is 0. The summed E-state index contributed by atoms with van der Waals surface area (Å²) in [7, 11) is 0. The van der Waals surface area contributed by atoms with E-state index in [-0.39, 0.29) is 0 Å². The summed E-state index contributed by atoms with van der Waals surface area (Å²) in [5.41, 5.74) is 2.32. The van der Waals surface area contributed by atoms with Crippen LogP contribution in [0.5, 0.6) is 0 Å². The van der Waals surface area contributed by atoms with E-state index in [0.717, 1.165) is 12.1 Å². The van der Waals surface area contributed by atoms with Crippen molar-refractivity contribution < 1.29 is 0 Å². The minimum atomic E-state index is 0.297. The number of nitrogens with one attached hydrogen (secondary N) is 2. The molecule has 0 heterocycles. The molecular formula is C16H18N2S. The molecule has 0 aliphatic heterocycles. The Balaban J connectivity index is 1.82. The third-order valence-electron chi connectivity index (χ3n) is 2.79. The maximum absolute atomic E-state index is 5.31. The molecular weight excluding hydrogens is 252 g/mol. The van der Waals surface area contributed by atoms with Crippen molar-refractivity contribution >= 4 is 23.0 Å². The number of hydrogen-bond donors (Lipinski definition) is 2. The highest BCUT2D eigenvalue weighted by Crippen LogP contribution is 2.06. The molecule has 2 rings (SSSR count). The fraction of sp³-hybridized carbons (Fsp3) is 0.188. The summed E-state index contributed by atoms with van der Waals surface area (Å²) in [5, 5.41) is 7.14. The standard InChI is InChI=1S/C16H18N2S/c1-13(12-14-8-4-2-5-9-14)17-16(19)18-15-10-6-3-7-11-15/h2-11,13H,12H2,1H3,(H2,17,18,19)/t13-/m0/s1. The van der Waals surface area contributed by atoms with Crippen LogP contribution >= 0.6 is 12.2 Å². The largest absolute Gasteiger partial charge is 0.360 e. The Morgan fingerprint density at radius 2 is 1.58 bits per heavy atom. The second-order valence-electron chi connectivity index (χ2n) is 4.56. The molecule has 2 N–H and O–H groups in total. The highest BCUT2D eigenvalue weighted by atomic mass is 32.1. The topological polar surface area (TPSA) is 24.1 Å². The van der Waals surface area contributed by atoms with E-state index in [9.17, 15) is 0 Å². The number of para-hydroxylation sites is 1. The van der Waals surface area contributed by atoms with Gasteiger partial charge in [0.05, 0.1) is 0 Å². The predicted molar refractivity (Wildman–Crippen MR) is 85.4 cm³/mol. The molecule has 0 radical (unpaired) electrons. The van der Waals surface area contributed by atoms with Crippen molar-refractivity contribution in [3.8, 4) is 0 Å². The first kappa shape index (κ1) is 13.6. The lowest BCUT2D eigenvalue weighted by atomic mass is 10.1. The molecule has 0 unspecified atom stereocenters. The van der Waals surface area contributed by atoms with Gasteiger partial charge in [-0.15, -0.1) is 0 Å². The molecule has 0 saturated heterocycles. The highest BCUT2D eigenvalue weighted by Gasteiger charge is 2.05. The smallest absolute Gasteiger partial charge is 0.170 e. The van der Waals surface area contributed by atoms with Gasteiger partial charge in [0.25, 0.3) is 0 Å². The van der Waals surface area contributed by atoms with Gasteiger partial charge in [0.2, 0.25) is 0 Å². The maximum Gasteiger partial charge on any atom is 0.170 e. The molecule has 98 valence electrons. The van der Waals surface area contributed by atoms with Gasteiger partial charge in [-0.2, -0.15) is 0 Å². The van der Waals surface area contributed by atoms with E-state index in [2.05, 4.69) is 41.8 Å². The van der Waals surface area contributed by atoms with E-state index >= 15 is 0 Å². The molecule has 19 heavy (non-hydrogen) atoms. The molecule has 0 fully saturated rings. The Morgan fingerprint density at radius 3 is 2.21 bits per heavy atom. The molecule has 0 aromatic heterocycles. The van der Waals surface area contributed by atoms with Crippen LogP contribution in [0, 0.1) is 0 Å². The first-order chi connectivity index (χ1) is 9.24. The van der Waals surface area contributed by atoms with Gasteiger partial charge in [-0.05, 0) is 43.3 Å². The van der Waals surface area contributed by atoms with Gasteiger partial charge >= 0.3 is 0 Å². The van der Waals surface area contributed by atoms with Crippen molar-refractivity contribution in [2.45, 2.75) is 19.4 Å². The lowest BCUT2D eigenvalue weighted by molar-refractivity contribution is 0.664. The average Bonchev–Trinajstić information content (AvgIpc) is 2.40. The van der Waals surface area contributed by atoms with Gasteiger partial charge in [0, 0.05) is 11.7 Å². The molecule has 2 aromatic rings. The van der Waals surface area contributed by atoms with E-state index < -0.39 is 0 Å². The predicted octanol–water partition coefficient (Wildman–Crippen LogP) is 3.60. The quantitative estimate of drug-likeness (QED) is 0.830. The van der Waals surface area contributed by atoms with Crippen molar-refractivity contribution in [3.63, 3.8) is 0 Å². The Hall–Kier alpha value is -1.87. The van der Waals surface area contributed by atoms with Crippen LogP contribution in [0.15, 0.2) is 60.7 Å². The van der Waals surface area contributed by atoms with Crippen LogP contribution in [-0.4, -0.2) is 11.2 Å². The second-order valence-corrected chi connectivity index (χ2v) is 4.96. The Kier molecular flexibility index (Phi) is 4.93. The molecule has 0 spiro atoms. The third-order valence-corrected chi connectivity index (χ3v) is 3.01. The van der Waals surface area contributed by atoms with E-state index in [0.29, 0.717) is 11.2 Å². The van der Waals surface area contributed by atoms with Crippen molar-refractivity contribution in [2.75, 3.05) is 5.32 Å². The molecule has 2 nitrogen and oxygen atoms in total. The summed E-state index contributed by atoms with van der Waals surface area (Å²) in [6.07, 6.45) is 0.956. The number of hydrogen-bond acceptors (Lipinski definition) is 1. The van der Waals surface area contributed by atoms with Gasteiger partial charge < -0.3 is 10.6 Å². The number of anilines is 1. The summed E-state index contributed by atoms with van der Waals surface area (Å²) >= 11 is 5.31. The summed E-state index contributed by atoms with van der Waals surface area (Å²) in [6.45, 7) is 2.13. The van der Waals surface area contributed by atoms with Crippen LogP contribution in [0.3, 0.4) is 0 Å². The number of benzene rings is 2. The molecule has 3 heteroatoms. The molecule has 0 amide bonds. The SMILES string of the molecule is C[C@@H](Cc1ccccc1)NC(=S)Nc1ccccc1.